The fraction of sp³-hybridized carbons (Fsp3) is 0.143. The zero-order valence-electron chi connectivity index (χ0n) is 8.85. The number of halogens is 2. The molecule has 2 aromatic carbocycles. The van der Waals surface area contributed by atoms with Crippen LogP contribution in [0.15, 0.2) is 30.3 Å². The van der Waals surface area contributed by atoms with E-state index in [1.165, 1.54) is 0 Å². The molecule has 2 aromatic rings. The van der Waals surface area contributed by atoms with Crippen LogP contribution < -0.4 is 0 Å². The Morgan fingerprint density at radius 3 is 2.56 bits per heavy atom. The second-order valence-corrected chi connectivity index (χ2v) is 4.19. The quantitative estimate of drug-likeness (QED) is 0.535. The lowest BCUT2D eigenvalue weighted by Gasteiger charge is -2.06. The molecule has 0 saturated heterocycles. The van der Waals surface area contributed by atoms with Gasteiger partial charge < -0.3 is 0 Å². The van der Waals surface area contributed by atoms with Crippen molar-refractivity contribution in [3.05, 3.63) is 58.7 Å². The highest BCUT2D eigenvalue weighted by Gasteiger charge is 2.24. The van der Waals surface area contributed by atoms with E-state index in [1.807, 2.05) is 24.3 Å². The van der Waals surface area contributed by atoms with Crippen molar-refractivity contribution in [1.82, 2.24) is 0 Å². The Bertz CT molecular complexity index is 586. The molecule has 80 valence electrons. The van der Waals surface area contributed by atoms with Gasteiger partial charge in [-0.2, -0.15) is 0 Å². The number of aryl methyl sites for hydroxylation is 1. The van der Waals surface area contributed by atoms with Gasteiger partial charge >= 0.3 is 0 Å². The van der Waals surface area contributed by atoms with Gasteiger partial charge in [-0.3, -0.25) is 0 Å². The summed E-state index contributed by atoms with van der Waals surface area (Å²) in [7, 11) is 0. The van der Waals surface area contributed by atoms with E-state index in [4.69, 9.17) is 0 Å². The average molecular weight is 216 g/mol. The van der Waals surface area contributed by atoms with Crippen LogP contribution in [0.1, 0.15) is 16.7 Å². The van der Waals surface area contributed by atoms with Gasteiger partial charge in [-0.05, 0) is 35.6 Å². The Morgan fingerprint density at radius 2 is 1.75 bits per heavy atom. The van der Waals surface area contributed by atoms with Crippen molar-refractivity contribution in [3.63, 3.8) is 0 Å². The summed E-state index contributed by atoms with van der Waals surface area (Å²) in [6.07, 6.45) is 0.698. The molecule has 2 heteroatoms. The highest BCUT2D eigenvalue weighted by molar-refractivity contribution is 5.77. The SMILES string of the molecule is Cc1cc2c(c(F)c1F)-c1ccccc1C2. The van der Waals surface area contributed by atoms with Gasteiger partial charge in [-0.1, -0.05) is 30.3 Å². The van der Waals surface area contributed by atoms with Gasteiger partial charge in [0.2, 0.25) is 0 Å². The van der Waals surface area contributed by atoms with Crippen LogP contribution >= 0.6 is 0 Å². The second-order valence-electron chi connectivity index (χ2n) is 4.19. The van der Waals surface area contributed by atoms with Crippen LogP contribution in [0.3, 0.4) is 0 Å². The molecule has 0 bridgehead atoms. The van der Waals surface area contributed by atoms with Crippen molar-refractivity contribution in [3.8, 4) is 11.1 Å². The first-order chi connectivity index (χ1) is 7.68. The van der Waals surface area contributed by atoms with Crippen molar-refractivity contribution in [2.45, 2.75) is 13.3 Å². The molecule has 16 heavy (non-hydrogen) atoms. The molecule has 1 aliphatic carbocycles. The summed E-state index contributed by atoms with van der Waals surface area (Å²) in [4.78, 5) is 0. The standard InChI is InChI=1S/C14H10F2/c1-8-6-10-7-9-4-2-3-5-11(9)12(10)14(16)13(8)15/h2-6H,7H2,1H3. The molecule has 0 aliphatic heterocycles. The molecule has 0 unspecified atom stereocenters. The van der Waals surface area contributed by atoms with Gasteiger partial charge in [-0.15, -0.1) is 0 Å². The lowest BCUT2D eigenvalue weighted by Crippen LogP contribution is -1.94. The zero-order valence-corrected chi connectivity index (χ0v) is 8.85. The molecule has 0 N–H and O–H groups in total. The minimum atomic E-state index is -0.726. The Hall–Kier alpha value is -1.70. The first-order valence-electron chi connectivity index (χ1n) is 5.24. The van der Waals surface area contributed by atoms with Crippen LogP contribution in [0, 0.1) is 18.6 Å². The smallest absolute Gasteiger partial charge is 0.167 e. The van der Waals surface area contributed by atoms with Crippen LogP contribution in [-0.2, 0) is 6.42 Å². The number of rotatable bonds is 0. The first kappa shape index (κ1) is 9.52. The van der Waals surface area contributed by atoms with E-state index in [9.17, 15) is 8.78 Å². The fourth-order valence-electron chi connectivity index (χ4n) is 2.37. The summed E-state index contributed by atoms with van der Waals surface area (Å²) >= 11 is 0. The zero-order chi connectivity index (χ0) is 11.3. The molecule has 0 atom stereocenters. The third-order valence-electron chi connectivity index (χ3n) is 3.14. The first-order valence-corrected chi connectivity index (χ1v) is 5.24. The molecule has 0 fully saturated rings. The number of hydrogen-bond acceptors (Lipinski definition) is 0. The molecule has 0 nitrogen and oxygen atoms in total. The van der Waals surface area contributed by atoms with Crippen LogP contribution in [0.5, 0.6) is 0 Å². The summed E-state index contributed by atoms with van der Waals surface area (Å²) in [6, 6.07) is 9.33. The molecule has 3 rings (SSSR count). The number of fused-ring (bicyclic) bond motifs is 3. The van der Waals surface area contributed by atoms with Gasteiger partial charge in [0.15, 0.2) is 11.6 Å². The van der Waals surface area contributed by atoms with Gasteiger partial charge in [0.25, 0.3) is 0 Å². The molecule has 0 saturated carbocycles. The van der Waals surface area contributed by atoms with Gasteiger partial charge in [0.1, 0.15) is 0 Å². The lowest BCUT2D eigenvalue weighted by molar-refractivity contribution is 0.505. The topological polar surface area (TPSA) is 0 Å². The second kappa shape index (κ2) is 3.14. The lowest BCUT2D eigenvalue weighted by atomic mass is 10.0. The van der Waals surface area contributed by atoms with E-state index >= 15 is 0 Å². The van der Waals surface area contributed by atoms with Crippen molar-refractivity contribution < 1.29 is 8.78 Å². The van der Waals surface area contributed by atoms with Crippen molar-refractivity contribution in [2.24, 2.45) is 0 Å². The monoisotopic (exact) mass is 216 g/mol. The Balaban J connectivity index is 2.36. The van der Waals surface area contributed by atoms with Crippen LogP contribution in [0.25, 0.3) is 11.1 Å². The predicted octanol–water partition coefficient (Wildman–Crippen LogP) is 3.84. The largest absolute Gasteiger partial charge is 0.203 e. The highest BCUT2D eigenvalue weighted by Crippen LogP contribution is 2.39. The Morgan fingerprint density at radius 1 is 1.00 bits per heavy atom. The Kier molecular flexibility index (Phi) is 1.87. The molecular weight excluding hydrogens is 206 g/mol. The molecule has 0 amide bonds. The maximum atomic E-state index is 13.9. The van der Waals surface area contributed by atoms with E-state index in [1.54, 1.807) is 13.0 Å². The normalized spacial score (nSPS) is 12.4. The Labute approximate surface area is 92.5 Å². The minimum absolute atomic E-state index is 0.379. The molecule has 1 aliphatic rings. The summed E-state index contributed by atoms with van der Waals surface area (Å²) in [6.45, 7) is 1.60. The molecule has 0 spiro atoms. The third-order valence-corrected chi connectivity index (χ3v) is 3.14. The van der Waals surface area contributed by atoms with E-state index in [0.717, 1.165) is 16.7 Å². The highest BCUT2D eigenvalue weighted by atomic mass is 19.2. The van der Waals surface area contributed by atoms with Gasteiger partial charge in [-0.25, -0.2) is 8.78 Å². The third kappa shape index (κ3) is 1.13. The van der Waals surface area contributed by atoms with Crippen LogP contribution in [0.2, 0.25) is 0 Å². The minimum Gasteiger partial charge on any atom is -0.203 e. The average Bonchev–Trinajstić information content (AvgIpc) is 2.64. The van der Waals surface area contributed by atoms with Crippen LogP contribution in [0.4, 0.5) is 8.78 Å². The summed E-state index contributed by atoms with van der Waals surface area (Å²) in [5.41, 5.74) is 3.61. The molecule has 0 aromatic heterocycles. The number of hydrogen-bond donors (Lipinski definition) is 0. The maximum absolute atomic E-state index is 13.9. The molecule has 0 radical (unpaired) electrons. The maximum Gasteiger partial charge on any atom is 0.167 e. The summed E-state index contributed by atoms with van der Waals surface area (Å²) < 4.78 is 27.4. The van der Waals surface area contributed by atoms with Crippen LogP contribution in [-0.4, -0.2) is 0 Å². The molecule has 0 heterocycles. The predicted molar refractivity (Wildman–Crippen MR) is 59.3 cm³/mol. The van der Waals surface area contributed by atoms with Crippen molar-refractivity contribution in [2.75, 3.05) is 0 Å². The fourth-order valence-corrected chi connectivity index (χ4v) is 2.37. The van der Waals surface area contributed by atoms with Gasteiger partial charge in [0, 0.05) is 5.56 Å². The van der Waals surface area contributed by atoms with E-state index in [-0.39, 0.29) is 0 Å². The summed E-state index contributed by atoms with van der Waals surface area (Å²) in [5, 5.41) is 0. The summed E-state index contributed by atoms with van der Waals surface area (Å²) in [5.74, 6) is -1.43. The van der Waals surface area contributed by atoms with Crippen molar-refractivity contribution in [1.29, 1.82) is 0 Å². The van der Waals surface area contributed by atoms with Crippen molar-refractivity contribution >= 4 is 0 Å². The number of benzene rings is 2. The van der Waals surface area contributed by atoms with E-state index in [0.29, 0.717) is 17.5 Å². The molecular formula is C14H10F2. The van der Waals surface area contributed by atoms with E-state index in [2.05, 4.69) is 0 Å². The van der Waals surface area contributed by atoms with E-state index < -0.39 is 11.6 Å². The van der Waals surface area contributed by atoms with Gasteiger partial charge in [0.05, 0.1) is 0 Å².